The van der Waals surface area contributed by atoms with E-state index in [0.29, 0.717) is 11.1 Å². The number of hydrogen-bond donors (Lipinski definition) is 0. The van der Waals surface area contributed by atoms with E-state index in [0.717, 1.165) is 33.1 Å². The molecule has 0 radical (unpaired) electrons. The fourth-order valence-corrected chi connectivity index (χ4v) is 2.67. The summed E-state index contributed by atoms with van der Waals surface area (Å²) in [5.41, 5.74) is 5.68. The Bertz CT molecular complexity index is 803. The van der Waals surface area contributed by atoms with Gasteiger partial charge in [-0.3, -0.25) is 0 Å². The highest BCUT2D eigenvalue weighted by Gasteiger charge is 2.13. The summed E-state index contributed by atoms with van der Waals surface area (Å²) in [4.78, 5) is 0. The van der Waals surface area contributed by atoms with Crippen LogP contribution >= 0.6 is 15.9 Å². The molecule has 0 heterocycles. The van der Waals surface area contributed by atoms with Crippen molar-refractivity contribution < 1.29 is 0 Å². The SMILES string of the molecule is Cc1ccc(/C(C#N)=C(\C#N)c2ccc(CBr)cc2C)cc1. The Morgan fingerprint density at radius 1 is 0.955 bits per heavy atom. The lowest BCUT2D eigenvalue weighted by molar-refractivity contribution is 1.34. The van der Waals surface area contributed by atoms with E-state index in [9.17, 15) is 10.5 Å². The predicted molar refractivity (Wildman–Crippen MR) is 93.0 cm³/mol. The van der Waals surface area contributed by atoms with Gasteiger partial charge in [0.2, 0.25) is 0 Å². The van der Waals surface area contributed by atoms with Gasteiger partial charge >= 0.3 is 0 Å². The van der Waals surface area contributed by atoms with E-state index >= 15 is 0 Å². The van der Waals surface area contributed by atoms with Crippen LogP contribution in [0.25, 0.3) is 11.1 Å². The molecule has 0 saturated heterocycles. The average molecular weight is 351 g/mol. The van der Waals surface area contributed by atoms with Crippen molar-refractivity contribution in [3.05, 3.63) is 70.3 Å². The Morgan fingerprint density at radius 3 is 2.09 bits per heavy atom. The van der Waals surface area contributed by atoms with E-state index in [1.165, 1.54) is 0 Å². The molecule has 108 valence electrons. The Hall–Kier alpha value is -2.36. The number of nitrogens with zero attached hydrogens (tertiary/aromatic N) is 2. The zero-order valence-electron chi connectivity index (χ0n) is 12.5. The monoisotopic (exact) mass is 350 g/mol. The van der Waals surface area contributed by atoms with Crippen molar-refractivity contribution in [2.24, 2.45) is 0 Å². The fraction of sp³-hybridized carbons (Fsp3) is 0.158. The molecule has 3 heteroatoms. The predicted octanol–water partition coefficient (Wildman–Crippen LogP) is 5.16. The van der Waals surface area contributed by atoms with Gasteiger partial charge in [0.15, 0.2) is 0 Å². The zero-order valence-corrected chi connectivity index (χ0v) is 14.1. The van der Waals surface area contributed by atoms with Crippen molar-refractivity contribution in [1.29, 1.82) is 10.5 Å². The topological polar surface area (TPSA) is 47.6 Å². The van der Waals surface area contributed by atoms with Gasteiger partial charge in [-0.1, -0.05) is 64.0 Å². The fourth-order valence-electron chi connectivity index (χ4n) is 2.33. The normalized spacial score (nSPS) is 11.3. The first-order valence-corrected chi connectivity index (χ1v) is 8.00. The van der Waals surface area contributed by atoms with E-state index in [-0.39, 0.29) is 0 Å². The van der Waals surface area contributed by atoms with Gasteiger partial charge in [0.25, 0.3) is 0 Å². The zero-order chi connectivity index (χ0) is 16.1. The molecule has 0 N–H and O–H groups in total. The van der Waals surface area contributed by atoms with Crippen LogP contribution in [0.5, 0.6) is 0 Å². The van der Waals surface area contributed by atoms with Crippen LogP contribution in [-0.2, 0) is 5.33 Å². The summed E-state index contributed by atoms with van der Waals surface area (Å²) >= 11 is 3.43. The maximum absolute atomic E-state index is 9.58. The largest absolute Gasteiger partial charge is 0.192 e. The summed E-state index contributed by atoms with van der Waals surface area (Å²) in [7, 11) is 0. The molecule has 2 aromatic rings. The summed E-state index contributed by atoms with van der Waals surface area (Å²) in [5.74, 6) is 0. The minimum atomic E-state index is 0.414. The maximum atomic E-state index is 9.58. The second kappa shape index (κ2) is 7.07. The van der Waals surface area contributed by atoms with Crippen LogP contribution in [0.1, 0.15) is 27.8 Å². The number of hydrogen-bond acceptors (Lipinski definition) is 2. The minimum absolute atomic E-state index is 0.414. The van der Waals surface area contributed by atoms with E-state index < -0.39 is 0 Å². The molecule has 22 heavy (non-hydrogen) atoms. The van der Waals surface area contributed by atoms with Crippen LogP contribution in [0.3, 0.4) is 0 Å². The highest BCUT2D eigenvalue weighted by Crippen LogP contribution is 2.28. The molecule has 2 aromatic carbocycles. The van der Waals surface area contributed by atoms with Gasteiger partial charge in [0.1, 0.15) is 12.1 Å². The summed E-state index contributed by atoms with van der Waals surface area (Å²) in [6, 6.07) is 18.0. The van der Waals surface area contributed by atoms with Crippen molar-refractivity contribution in [3.63, 3.8) is 0 Å². The average Bonchev–Trinajstić information content (AvgIpc) is 2.54. The number of aryl methyl sites for hydroxylation is 2. The summed E-state index contributed by atoms with van der Waals surface area (Å²) in [6.07, 6.45) is 0. The standard InChI is InChI=1S/C19H15BrN2/c1-13-3-6-16(7-4-13)18(11-21)19(12-22)17-8-5-15(10-20)9-14(17)2/h3-9H,10H2,1-2H3/b19-18+. The minimum Gasteiger partial charge on any atom is -0.192 e. The van der Waals surface area contributed by atoms with Gasteiger partial charge in [0.05, 0.1) is 11.1 Å². The van der Waals surface area contributed by atoms with Crippen LogP contribution in [0.15, 0.2) is 42.5 Å². The highest BCUT2D eigenvalue weighted by atomic mass is 79.9. The molecule has 0 amide bonds. The van der Waals surface area contributed by atoms with Crippen molar-refractivity contribution >= 4 is 27.1 Å². The second-order valence-electron chi connectivity index (χ2n) is 5.12. The smallest absolute Gasteiger partial charge is 0.101 e. The second-order valence-corrected chi connectivity index (χ2v) is 5.68. The number of rotatable bonds is 3. The number of nitriles is 2. The third-order valence-electron chi connectivity index (χ3n) is 3.53. The summed E-state index contributed by atoms with van der Waals surface area (Å²) < 4.78 is 0. The maximum Gasteiger partial charge on any atom is 0.101 e. The molecule has 0 aliphatic heterocycles. The highest BCUT2D eigenvalue weighted by molar-refractivity contribution is 9.08. The molecule has 0 atom stereocenters. The number of halogens is 1. The third kappa shape index (κ3) is 3.27. The Labute approximate surface area is 139 Å². The molecule has 0 bridgehead atoms. The number of allylic oxidation sites excluding steroid dienone is 2. The van der Waals surface area contributed by atoms with Gasteiger partial charge in [-0.25, -0.2) is 0 Å². The van der Waals surface area contributed by atoms with Crippen LogP contribution in [-0.4, -0.2) is 0 Å². The summed E-state index contributed by atoms with van der Waals surface area (Å²) in [6.45, 7) is 3.96. The van der Waals surface area contributed by atoms with Crippen LogP contribution in [0.4, 0.5) is 0 Å². The van der Waals surface area contributed by atoms with Gasteiger partial charge in [-0.05, 0) is 36.1 Å². The lowest BCUT2D eigenvalue weighted by Gasteiger charge is -2.09. The first-order valence-electron chi connectivity index (χ1n) is 6.88. The first-order chi connectivity index (χ1) is 10.6. The van der Waals surface area contributed by atoms with Crippen molar-refractivity contribution in [2.45, 2.75) is 19.2 Å². The molecule has 0 aromatic heterocycles. The molecule has 2 rings (SSSR count). The number of benzene rings is 2. The van der Waals surface area contributed by atoms with E-state index in [4.69, 9.17) is 0 Å². The Balaban J connectivity index is 2.64. The molecular formula is C19H15BrN2. The van der Waals surface area contributed by atoms with E-state index in [2.05, 4.69) is 28.1 Å². The van der Waals surface area contributed by atoms with Crippen LogP contribution in [0.2, 0.25) is 0 Å². The first kappa shape index (κ1) is 16.0. The molecule has 0 saturated carbocycles. The Kier molecular flexibility index (Phi) is 5.15. The molecule has 0 aliphatic carbocycles. The van der Waals surface area contributed by atoms with E-state index in [1.807, 2.05) is 56.3 Å². The number of alkyl halides is 1. The lowest BCUT2D eigenvalue weighted by Crippen LogP contribution is -1.94. The van der Waals surface area contributed by atoms with Gasteiger partial charge in [-0.15, -0.1) is 0 Å². The van der Waals surface area contributed by atoms with Crippen molar-refractivity contribution in [1.82, 2.24) is 0 Å². The van der Waals surface area contributed by atoms with Gasteiger partial charge in [0, 0.05) is 5.33 Å². The summed E-state index contributed by atoms with van der Waals surface area (Å²) in [5, 5.41) is 19.9. The van der Waals surface area contributed by atoms with E-state index in [1.54, 1.807) is 0 Å². The molecular weight excluding hydrogens is 336 g/mol. The lowest BCUT2D eigenvalue weighted by atomic mass is 9.92. The van der Waals surface area contributed by atoms with Crippen LogP contribution < -0.4 is 0 Å². The van der Waals surface area contributed by atoms with Crippen LogP contribution in [0, 0.1) is 36.5 Å². The van der Waals surface area contributed by atoms with Crippen molar-refractivity contribution in [3.8, 4) is 12.1 Å². The molecule has 0 spiro atoms. The Morgan fingerprint density at radius 2 is 1.59 bits per heavy atom. The third-order valence-corrected chi connectivity index (χ3v) is 4.18. The quantitative estimate of drug-likeness (QED) is 0.436. The van der Waals surface area contributed by atoms with Gasteiger partial charge < -0.3 is 0 Å². The van der Waals surface area contributed by atoms with Crippen molar-refractivity contribution in [2.75, 3.05) is 0 Å². The molecule has 0 unspecified atom stereocenters. The molecule has 2 nitrogen and oxygen atoms in total. The molecule has 0 aliphatic rings. The molecule has 0 fully saturated rings. The van der Waals surface area contributed by atoms with Gasteiger partial charge in [-0.2, -0.15) is 10.5 Å².